The van der Waals surface area contributed by atoms with Gasteiger partial charge in [-0.2, -0.15) is 0 Å². The zero-order valence-electron chi connectivity index (χ0n) is 16.3. The first-order valence-corrected chi connectivity index (χ1v) is 10.2. The number of aliphatic imine (C=N–C) groups is 1. The molecular weight excluding hydrogens is 366 g/mol. The van der Waals surface area contributed by atoms with E-state index in [1.54, 1.807) is 12.3 Å². The molecule has 0 amide bonds. The second-order valence-electron chi connectivity index (χ2n) is 7.78. The van der Waals surface area contributed by atoms with Gasteiger partial charge in [0.25, 0.3) is 0 Å². The van der Waals surface area contributed by atoms with Crippen LogP contribution in [0.25, 0.3) is 43.1 Å². The predicted molar refractivity (Wildman–Crippen MR) is 127 cm³/mol. The maximum atomic E-state index is 9.96. The van der Waals surface area contributed by atoms with Gasteiger partial charge in [-0.05, 0) is 72.9 Å². The molecule has 30 heavy (non-hydrogen) atoms. The summed E-state index contributed by atoms with van der Waals surface area (Å²) in [6.07, 6.45) is 1.75. The Labute approximate surface area is 174 Å². The number of fused-ring (bicyclic) bond motifs is 2. The van der Waals surface area contributed by atoms with Crippen LogP contribution in [0.1, 0.15) is 11.1 Å². The van der Waals surface area contributed by atoms with E-state index in [9.17, 15) is 5.11 Å². The minimum absolute atomic E-state index is 0.253. The van der Waals surface area contributed by atoms with Crippen molar-refractivity contribution in [1.29, 1.82) is 0 Å². The van der Waals surface area contributed by atoms with E-state index < -0.39 is 0 Å². The number of hydrogen-bond acceptors (Lipinski definition) is 2. The van der Waals surface area contributed by atoms with Crippen LogP contribution in [0.15, 0.2) is 96.0 Å². The van der Waals surface area contributed by atoms with E-state index in [1.165, 1.54) is 43.1 Å². The van der Waals surface area contributed by atoms with Gasteiger partial charge >= 0.3 is 0 Å². The Morgan fingerprint density at radius 1 is 0.633 bits per heavy atom. The summed E-state index contributed by atoms with van der Waals surface area (Å²) < 4.78 is 0. The average molecular weight is 385 g/mol. The molecule has 0 unspecified atom stereocenters. The van der Waals surface area contributed by atoms with E-state index in [4.69, 9.17) is 0 Å². The van der Waals surface area contributed by atoms with E-state index in [0.717, 1.165) is 11.1 Å². The van der Waals surface area contributed by atoms with E-state index in [1.807, 2.05) is 18.2 Å². The molecule has 0 aromatic heterocycles. The summed E-state index contributed by atoms with van der Waals surface area (Å²) in [4.78, 5) is 4.60. The maximum absolute atomic E-state index is 9.96. The van der Waals surface area contributed by atoms with Crippen molar-refractivity contribution in [2.24, 2.45) is 4.99 Å². The molecule has 0 aliphatic heterocycles. The van der Waals surface area contributed by atoms with Crippen molar-refractivity contribution < 1.29 is 5.11 Å². The van der Waals surface area contributed by atoms with Crippen LogP contribution in [0, 0.1) is 0 Å². The molecule has 0 aliphatic carbocycles. The molecule has 0 fully saturated rings. The van der Waals surface area contributed by atoms with Crippen LogP contribution in [0.3, 0.4) is 0 Å². The molecule has 6 rings (SSSR count). The van der Waals surface area contributed by atoms with Crippen molar-refractivity contribution >= 4 is 49.3 Å². The van der Waals surface area contributed by atoms with Crippen LogP contribution in [0.2, 0.25) is 0 Å². The summed E-state index contributed by atoms with van der Waals surface area (Å²) in [5.74, 6) is 0.253. The smallest absolute Gasteiger partial charge is 0.124 e. The molecule has 2 nitrogen and oxygen atoms in total. The SMILES string of the molecule is Oc1ccccc1C=NCc1cc2cccc3c4cccc5cccc(c(c1)c23)c54. The minimum atomic E-state index is 0.253. The Bertz CT molecular complexity index is 1570. The lowest BCUT2D eigenvalue weighted by atomic mass is 9.89. The van der Waals surface area contributed by atoms with Crippen molar-refractivity contribution in [3.63, 3.8) is 0 Å². The number of para-hydroxylation sites is 1. The number of aromatic hydroxyl groups is 1. The molecule has 0 saturated carbocycles. The summed E-state index contributed by atoms with van der Waals surface area (Å²) in [5.41, 5.74) is 1.90. The summed E-state index contributed by atoms with van der Waals surface area (Å²) in [5, 5.41) is 20.3. The fraction of sp³-hybridized carbons (Fsp3) is 0.0357. The molecule has 0 bridgehead atoms. The van der Waals surface area contributed by atoms with Crippen molar-refractivity contribution in [1.82, 2.24) is 0 Å². The largest absolute Gasteiger partial charge is 0.507 e. The molecule has 0 spiro atoms. The fourth-order valence-electron chi connectivity index (χ4n) is 4.65. The molecule has 6 aromatic rings. The van der Waals surface area contributed by atoms with Crippen LogP contribution in [0.4, 0.5) is 0 Å². The summed E-state index contributed by atoms with van der Waals surface area (Å²) in [6, 6.07) is 31.5. The van der Waals surface area contributed by atoms with Crippen LogP contribution in [-0.2, 0) is 6.54 Å². The van der Waals surface area contributed by atoms with Crippen LogP contribution in [-0.4, -0.2) is 11.3 Å². The van der Waals surface area contributed by atoms with Gasteiger partial charge in [0.05, 0.1) is 6.54 Å². The van der Waals surface area contributed by atoms with Crippen LogP contribution >= 0.6 is 0 Å². The summed E-state index contributed by atoms with van der Waals surface area (Å²) in [7, 11) is 0. The summed E-state index contributed by atoms with van der Waals surface area (Å²) in [6.45, 7) is 0.569. The fourth-order valence-corrected chi connectivity index (χ4v) is 4.65. The van der Waals surface area contributed by atoms with Gasteiger partial charge in [0, 0.05) is 11.8 Å². The maximum Gasteiger partial charge on any atom is 0.124 e. The lowest BCUT2D eigenvalue weighted by Crippen LogP contribution is -1.90. The van der Waals surface area contributed by atoms with Gasteiger partial charge in [-0.15, -0.1) is 0 Å². The second kappa shape index (κ2) is 6.57. The summed E-state index contributed by atoms with van der Waals surface area (Å²) >= 11 is 0. The Balaban J connectivity index is 1.57. The highest BCUT2D eigenvalue weighted by atomic mass is 16.3. The number of hydrogen-bond donors (Lipinski definition) is 1. The first-order chi connectivity index (χ1) is 14.8. The van der Waals surface area contributed by atoms with Crippen molar-refractivity contribution in [2.45, 2.75) is 6.54 Å². The number of phenolic OH excluding ortho intramolecular Hbond substituents is 1. The van der Waals surface area contributed by atoms with E-state index in [0.29, 0.717) is 6.54 Å². The highest BCUT2D eigenvalue weighted by molar-refractivity contribution is 6.32. The van der Waals surface area contributed by atoms with Gasteiger partial charge in [-0.25, -0.2) is 0 Å². The molecule has 142 valence electrons. The highest BCUT2D eigenvalue weighted by Crippen LogP contribution is 2.40. The highest BCUT2D eigenvalue weighted by Gasteiger charge is 2.13. The molecule has 0 saturated heterocycles. The standard InChI is InChI=1S/C28H19NO/c30-26-13-2-1-6-21(26)17-29-16-18-14-20-9-5-11-23-22-10-3-7-19-8-4-12-24(27(19)22)25(15-18)28(20)23/h1-15,17,30H,16H2. The number of rotatable bonds is 3. The average Bonchev–Trinajstić information content (AvgIpc) is 2.78. The first kappa shape index (κ1) is 17.0. The van der Waals surface area contributed by atoms with Crippen molar-refractivity contribution in [3.8, 4) is 5.75 Å². The van der Waals surface area contributed by atoms with Crippen LogP contribution < -0.4 is 0 Å². The Morgan fingerprint density at radius 3 is 2.00 bits per heavy atom. The molecular formula is C28H19NO. The van der Waals surface area contributed by atoms with Crippen molar-refractivity contribution in [3.05, 3.63) is 102 Å². The first-order valence-electron chi connectivity index (χ1n) is 10.2. The van der Waals surface area contributed by atoms with Crippen LogP contribution in [0.5, 0.6) is 5.75 Å². The molecule has 1 N–H and O–H groups in total. The number of benzene rings is 6. The predicted octanol–water partition coefficient (Wildman–Crippen LogP) is 7.06. The Morgan fingerprint density at radius 2 is 1.27 bits per heavy atom. The molecule has 6 aromatic carbocycles. The zero-order valence-corrected chi connectivity index (χ0v) is 16.3. The third-order valence-corrected chi connectivity index (χ3v) is 5.96. The molecule has 0 heterocycles. The van der Waals surface area contributed by atoms with Gasteiger partial charge in [0.15, 0.2) is 0 Å². The van der Waals surface area contributed by atoms with Gasteiger partial charge in [0.1, 0.15) is 5.75 Å². The number of nitrogens with zero attached hydrogens (tertiary/aromatic N) is 1. The van der Waals surface area contributed by atoms with E-state index in [-0.39, 0.29) is 5.75 Å². The van der Waals surface area contributed by atoms with Crippen molar-refractivity contribution in [2.75, 3.05) is 0 Å². The zero-order chi connectivity index (χ0) is 20.1. The quantitative estimate of drug-likeness (QED) is 0.197. The Hall–Kier alpha value is -3.91. The topological polar surface area (TPSA) is 32.6 Å². The van der Waals surface area contributed by atoms with Gasteiger partial charge < -0.3 is 5.11 Å². The van der Waals surface area contributed by atoms with E-state index >= 15 is 0 Å². The monoisotopic (exact) mass is 385 g/mol. The molecule has 0 aliphatic rings. The third kappa shape index (κ3) is 2.54. The molecule has 0 radical (unpaired) electrons. The normalized spacial score (nSPS) is 12.1. The van der Waals surface area contributed by atoms with E-state index in [2.05, 4.69) is 71.7 Å². The lowest BCUT2D eigenvalue weighted by molar-refractivity contribution is 0.474. The van der Waals surface area contributed by atoms with Gasteiger partial charge in [-0.3, -0.25) is 4.99 Å². The Kier molecular flexibility index (Phi) is 3.72. The molecule has 0 atom stereocenters. The lowest BCUT2D eigenvalue weighted by Gasteiger charge is -2.15. The van der Waals surface area contributed by atoms with Gasteiger partial charge in [-0.1, -0.05) is 66.7 Å². The third-order valence-electron chi connectivity index (χ3n) is 5.96. The second-order valence-corrected chi connectivity index (χ2v) is 7.78. The molecule has 2 heteroatoms. The number of phenols is 1. The minimum Gasteiger partial charge on any atom is -0.507 e. The van der Waals surface area contributed by atoms with Gasteiger partial charge in [0.2, 0.25) is 0 Å².